The average Bonchev–Trinajstić information content (AvgIpc) is 2.94. The first-order chi connectivity index (χ1) is 18.8. The number of aliphatic imine (C=N–C) groups is 2. The van der Waals surface area contributed by atoms with E-state index in [4.69, 9.17) is 0 Å². The molecule has 2 amide bonds. The molecule has 1 aromatic carbocycles. The molecule has 1 aromatic rings. The van der Waals surface area contributed by atoms with Crippen LogP contribution in [0.5, 0.6) is 0 Å². The summed E-state index contributed by atoms with van der Waals surface area (Å²) in [4.78, 5) is 32.9. The topological polar surface area (TPSA) is 82.9 Å². The number of anilines is 1. The minimum absolute atomic E-state index is 0.286. The van der Waals surface area contributed by atoms with E-state index in [9.17, 15) is 9.59 Å². The standard InChI is InChI=1S/C33H34N4O2/c1-7-11-12-14-25(6)36-33(39)24(5)17-18-26(8-2)27-19-20-31(35-23-34-10-4)30(22-27)28-15-13-16-29(21-28)37-32(38)9-3/h7-19,21-23H,1,3-5,20H2,2,6H3,(H,36,39)(H,37,38)/b12-11-,18-17-,25-14+,26-8+,34-23-,35-31+. The Morgan fingerprint density at radius 2 is 1.90 bits per heavy atom. The molecule has 0 unspecified atom stereocenters. The number of hydrogen-bond donors (Lipinski definition) is 2. The van der Waals surface area contributed by atoms with Crippen LogP contribution >= 0.6 is 0 Å². The molecule has 0 atom stereocenters. The van der Waals surface area contributed by atoms with Crippen molar-refractivity contribution < 1.29 is 9.59 Å². The Balaban J connectivity index is 2.35. The second-order valence-electron chi connectivity index (χ2n) is 8.25. The van der Waals surface area contributed by atoms with Crippen molar-refractivity contribution in [1.82, 2.24) is 5.32 Å². The fourth-order valence-electron chi connectivity index (χ4n) is 3.50. The van der Waals surface area contributed by atoms with Crippen molar-refractivity contribution in [2.75, 3.05) is 5.32 Å². The zero-order valence-electron chi connectivity index (χ0n) is 22.5. The molecule has 0 heterocycles. The third-order valence-electron chi connectivity index (χ3n) is 5.44. The van der Waals surface area contributed by atoms with Gasteiger partial charge in [-0.05, 0) is 67.0 Å². The van der Waals surface area contributed by atoms with Crippen LogP contribution in [0.15, 0.2) is 150 Å². The summed E-state index contributed by atoms with van der Waals surface area (Å²) in [5.41, 5.74) is 6.11. The van der Waals surface area contributed by atoms with Gasteiger partial charge in [-0.1, -0.05) is 74.9 Å². The van der Waals surface area contributed by atoms with Crippen LogP contribution in [0.25, 0.3) is 5.57 Å². The van der Waals surface area contributed by atoms with Gasteiger partial charge >= 0.3 is 0 Å². The van der Waals surface area contributed by atoms with Crippen molar-refractivity contribution >= 4 is 35.1 Å². The van der Waals surface area contributed by atoms with Crippen LogP contribution in [0.4, 0.5) is 5.69 Å². The fourth-order valence-corrected chi connectivity index (χ4v) is 3.50. The predicted molar refractivity (Wildman–Crippen MR) is 165 cm³/mol. The lowest BCUT2D eigenvalue weighted by molar-refractivity contribution is -0.116. The molecule has 6 heteroatoms. The van der Waals surface area contributed by atoms with Gasteiger partial charge in [0, 0.05) is 35.2 Å². The molecule has 0 saturated carbocycles. The van der Waals surface area contributed by atoms with Gasteiger partial charge in [-0.2, -0.15) is 0 Å². The van der Waals surface area contributed by atoms with E-state index in [1.807, 2.05) is 49.4 Å². The highest BCUT2D eigenvalue weighted by Crippen LogP contribution is 2.30. The molecule has 198 valence electrons. The Bertz CT molecular complexity index is 1390. The van der Waals surface area contributed by atoms with Crippen LogP contribution in [0.2, 0.25) is 0 Å². The lowest BCUT2D eigenvalue weighted by Gasteiger charge is -2.18. The van der Waals surface area contributed by atoms with Gasteiger partial charge in [0.15, 0.2) is 0 Å². The summed E-state index contributed by atoms with van der Waals surface area (Å²) in [6, 6.07) is 7.51. The Labute approximate surface area is 231 Å². The normalized spacial score (nSPS) is 15.3. The van der Waals surface area contributed by atoms with Crippen LogP contribution in [0, 0.1) is 0 Å². The van der Waals surface area contributed by atoms with Gasteiger partial charge in [0.05, 0.1) is 5.71 Å². The maximum atomic E-state index is 12.5. The quantitative estimate of drug-likeness (QED) is 0.136. The van der Waals surface area contributed by atoms with Crippen molar-refractivity contribution in [2.24, 2.45) is 9.98 Å². The van der Waals surface area contributed by atoms with Crippen molar-refractivity contribution in [3.05, 3.63) is 146 Å². The maximum absolute atomic E-state index is 12.5. The Kier molecular flexibility index (Phi) is 12.3. The maximum Gasteiger partial charge on any atom is 0.254 e. The average molecular weight is 519 g/mol. The van der Waals surface area contributed by atoms with Crippen LogP contribution < -0.4 is 10.6 Å². The van der Waals surface area contributed by atoms with Crippen molar-refractivity contribution in [1.29, 1.82) is 0 Å². The molecular weight excluding hydrogens is 484 g/mol. The second kappa shape index (κ2) is 15.9. The minimum atomic E-state index is -0.290. The van der Waals surface area contributed by atoms with Gasteiger partial charge in [0.25, 0.3) is 5.91 Å². The largest absolute Gasteiger partial charge is 0.326 e. The molecule has 6 nitrogen and oxygen atoms in total. The van der Waals surface area contributed by atoms with E-state index in [1.165, 1.54) is 18.6 Å². The number of rotatable bonds is 12. The summed E-state index contributed by atoms with van der Waals surface area (Å²) >= 11 is 0. The van der Waals surface area contributed by atoms with Crippen LogP contribution in [0.1, 0.15) is 25.8 Å². The van der Waals surface area contributed by atoms with E-state index in [0.717, 1.165) is 28.0 Å². The fraction of sp³-hybridized carbons (Fsp3) is 0.0909. The number of nitrogens with one attached hydrogen (secondary N) is 2. The third-order valence-corrected chi connectivity index (χ3v) is 5.44. The van der Waals surface area contributed by atoms with Gasteiger partial charge in [-0.15, -0.1) is 0 Å². The summed E-state index contributed by atoms with van der Waals surface area (Å²) < 4.78 is 0. The van der Waals surface area contributed by atoms with Gasteiger partial charge < -0.3 is 10.6 Å². The highest BCUT2D eigenvalue weighted by atomic mass is 16.2. The molecular formula is C33H34N4O2. The summed E-state index contributed by atoms with van der Waals surface area (Å²) in [5.74, 6) is -0.576. The first-order valence-corrected chi connectivity index (χ1v) is 12.3. The molecule has 2 rings (SSSR count). The monoisotopic (exact) mass is 518 g/mol. The number of benzene rings is 1. The number of allylic oxidation sites excluding steroid dienone is 12. The summed E-state index contributed by atoms with van der Waals surface area (Å²) in [5, 5.41) is 5.60. The molecule has 0 bridgehead atoms. The SMILES string of the molecule is C=C/C=C\C=C(/C)NC(=O)C(=C)/C=C\C(=C/C)C1=CC/C(=N\C=N/C=C)C(c2cccc(NC(=O)C=C)c2)=C1. The van der Waals surface area contributed by atoms with E-state index >= 15 is 0 Å². The van der Waals surface area contributed by atoms with Crippen molar-refractivity contribution in [3.63, 3.8) is 0 Å². The molecule has 0 fully saturated rings. The highest BCUT2D eigenvalue weighted by Gasteiger charge is 2.16. The Hall–Kier alpha value is -5.10. The van der Waals surface area contributed by atoms with E-state index < -0.39 is 0 Å². The van der Waals surface area contributed by atoms with E-state index in [0.29, 0.717) is 23.4 Å². The van der Waals surface area contributed by atoms with Crippen LogP contribution in [-0.2, 0) is 9.59 Å². The first-order valence-electron chi connectivity index (χ1n) is 12.3. The zero-order chi connectivity index (χ0) is 28.6. The van der Waals surface area contributed by atoms with Crippen LogP contribution in [0.3, 0.4) is 0 Å². The molecule has 1 aliphatic rings. The van der Waals surface area contributed by atoms with Gasteiger partial charge in [0.1, 0.15) is 6.34 Å². The molecule has 1 aliphatic carbocycles. The summed E-state index contributed by atoms with van der Waals surface area (Å²) in [6.45, 7) is 18.4. The van der Waals surface area contributed by atoms with E-state index in [2.05, 4.69) is 53.0 Å². The molecule has 0 radical (unpaired) electrons. The number of nitrogens with zero attached hydrogens (tertiary/aromatic N) is 2. The van der Waals surface area contributed by atoms with E-state index in [-0.39, 0.29) is 11.8 Å². The highest BCUT2D eigenvalue weighted by molar-refractivity contribution is 6.27. The lowest BCUT2D eigenvalue weighted by Crippen LogP contribution is -2.21. The van der Waals surface area contributed by atoms with Gasteiger partial charge in [-0.25, -0.2) is 9.98 Å². The summed E-state index contributed by atoms with van der Waals surface area (Å²) in [6.07, 6.45) is 21.3. The number of carbonyl (C=O) groups excluding carboxylic acids is 2. The van der Waals surface area contributed by atoms with E-state index in [1.54, 1.807) is 37.3 Å². The van der Waals surface area contributed by atoms with Crippen molar-refractivity contribution in [2.45, 2.75) is 20.3 Å². The van der Waals surface area contributed by atoms with Crippen LogP contribution in [-0.4, -0.2) is 23.9 Å². The van der Waals surface area contributed by atoms with Gasteiger partial charge in [-0.3, -0.25) is 9.59 Å². The Morgan fingerprint density at radius 1 is 1.10 bits per heavy atom. The van der Waals surface area contributed by atoms with Gasteiger partial charge in [0.2, 0.25) is 5.91 Å². The zero-order valence-corrected chi connectivity index (χ0v) is 22.5. The van der Waals surface area contributed by atoms with Crippen molar-refractivity contribution in [3.8, 4) is 0 Å². The number of carbonyl (C=O) groups is 2. The first kappa shape index (κ1) is 30.1. The molecule has 0 aromatic heterocycles. The minimum Gasteiger partial charge on any atom is -0.326 e. The Morgan fingerprint density at radius 3 is 2.59 bits per heavy atom. The second-order valence-corrected chi connectivity index (χ2v) is 8.25. The third kappa shape index (κ3) is 9.70. The predicted octanol–water partition coefficient (Wildman–Crippen LogP) is 6.96. The summed E-state index contributed by atoms with van der Waals surface area (Å²) in [7, 11) is 0. The smallest absolute Gasteiger partial charge is 0.254 e. The molecule has 0 spiro atoms. The number of hydrogen-bond acceptors (Lipinski definition) is 3. The molecule has 39 heavy (non-hydrogen) atoms. The lowest BCUT2D eigenvalue weighted by atomic mass is 9.88. The molecule has 2 N–H and O–H groups in total. The number of amides is 2. The molecule has 0 aliphatic heterocycles. The molecule has 0 saturated heterocycles.